The number of nitrogens with two attached hydrogens (primary N) is 2. The molecule has 0 saturated carbocycles. The van der Waals surface area contributed by atoms with Crippen molar-refractivity contribution in [2.75, 3.05) is 0 Å². The van der Waals surface area contributed by atoms with Gasteiger partial charge in [0.25, 0.3) is 0 Å². The van der Waals surface area contributed by atoms with E-state index in [4.69, 9.17) is 68.4 Å². The molecule has 0 amide bonds. The number of halogens is 4. The predicted molar refractivity (Wildman–Crippen MR) is 51.2 cm³/mol. The summed E-state index contributed by atoms with van der Waals surface area (Å²) in [6, 6.07) is 2.77. The van der Waals surface area contributed by atoms with Gasteiger partial charge in [-0.25, -0.2) is 0 Å². The molecule has 0 rings (SSSR count). The van der Waals surface area contributed by atoms with Gasteiger partial charge in [-0.1, -0.05) is 46.4 Å². The molecular weight excluding hydrogens is 258 g/mol. The van der Waals surface area contributed by atoms with Gasteiger partial charge in [0.1, 0.15) is 12.1 Å². The highest BCUT2D eigenvalue weighted by Gasteiger charge is 2.59. The van der Waals surface area contributed by atoms with Crippen LogP contribution in [0.3, 0.4) is 0 Å². The van der Waals surface area contributed by atoms with E-state index in [1.807, 2.05) is 0 Å². The van der Waals surface area contributed by atoms with E-state index in [0.29, 0.717) is 0 Å². The van der Waals surface area contributed by atoms with Gasteiger partial charge in [-0.05, 0) is 0 Å². The van der Waals surface area contributed by atoms with E-state index in [0.717, 1.165) is 0 Å². The van der Waals surface area contributed by atoms with Gasteiger partial charge >= 0.3 is 0 Å². The highest BCUT2D eigenvalue weighted by atomic mass is 35.5. The molecule has 13 heavy (non-hydrogen) atoms. The Morgan fingerprint density at radius 1 is 0.846 bits per heavy atom. The highest BCUT2D eigenvalue weighted by molar-refractivity contribution is 6.58. The lowest BCUT2D eigenvalue weighted by Crippen LogP contribution is -2.63. The van der Waals surface area contributed by atoms with E-state index in [2.05, 4.69) is 0 Å². The van der Waals surface area contributed by atoms with Gasteiger partial charge in [0.2, 0.25) is 14.3 Å². The summed E-state index contributed by atoms with van der Waals surface area (Å²) in [6.45, 7) is 0. The Kier molecular flexibility index (Phi) is 3.68. The van der Waals surface area contributed by atoms with Crippen molar-refractivity contribution in [2.45, 2.75) is 14.3 Å². The van der Waals surface area contributed by atoms with Gasteiger partial charge in [0.15, 0.2) is 0 Å². The molecule has 0 heterocycles. The Morgan fingerprint density at radius 3 is 1.23 bits per heavy atom. The molecule has 0 spiro atoms. The predicted octanol–water partition coefficient (Wildman–Crippen LogP) is 0.995. The van der Waals surface area contributed by atoms with Crippen molar-refractivity contribution < 1.29 is 0 Å². The van der Waals surface area contributed by atoms with Crippen molar-refractivity contribution >= 4 is 46.4 Å². The van der Waals surface area contributed by atoms with Crippen molar-refractivity contribution in [3.63, 3.8) is 0 Å². The molecule has 0 aromatic heterocycles. The number of alkyl halides is 4. The monoisotopic (exact) mass is 260 g/mol. The molecule has 0 aliphatic heterocycles. The molecule has 0 aromatic carbocycles. The number of hydrogen-bond donors (Lipinski definition) is 2. The fourth-order valence-electron chi connectivity index (χ4n) is 0.405. The SMILES string of the molecule is N#CC(N)(Cl)C(Cl)(Cl)C(N)(Cl)C#N. The Hall–Kier alpha value is 0.0600. The minimum absolute atomic E-state index is 1.39. The molecule has 72 valence electrons. The molecule has 0 aliphatic carbocycles. The highest BCUT2D eigenvalue weighted by Crippen LogP contribution is 2.44. The van der Waals surface area contributed by atoms with Crippen molar-refractivity contribution in [3.8, 4) is 12.1 Å². The molecule has 0 radical (unpaired) electrons. The second-order valence-corrected chi connectivity index (χ2v) is 4.74. The molecule has 0 aliphatic rings. The summed E-state index contributed by atoms with van der Waals surface area (Å²) in [4.78, 5) is -4.50. The zero-order valence-corrected chi connectivity index (χ0v) is 9.08. The van der Waals surface area contributed by atoms with Crippen molar-refractivity contribution in [1.29, 1.82) is 10.5 Å². The molecule has 2 unspecified atom stereocenters. The molecule has 8 heteroatoms. The quantitative estimate of drug-likeness (QED) is 0.572. The third kappa shape index (κ3) is 2.11. The smallest absolute Gasteiger partial charge is 0.216 e. The van der Waals surface area contributed by atoms with Crippen molar-refractivity contribution in [3.05, 3.63) is 0 Å². The average molecular weight is 262 g/mol. The van der Waals surface area contributed by atoms with Crippen LogP contribution in [0.4, 0.5) is 0 Å². The van der Waals surface area contributed by atoms with Gasteiger partial charge in [0.05, 0.1) is 0 Å². The Balaban J connectivity index is 5.26. The molecule has 0 bridgehead atoms. The normalized spacial score (nSPS) is 20.6. The lowest BCUT2D eigenvalue weighted by atomic mass is 10.1. The summed E-state index contributed by atoms with van der Waals surface area (Å²) >= 11 is 21.9. The summed E-state index contributed by atoms with van der Waals surface area (Å²) in [5.74, 6) is 0. The first-order valence-electron chi connectivity index (χ1n) is 2.78. The van der Waals surface area contributed by atoms with E-state index in [-0.39, 0.29) is 0 Å². The Labute approximate surface area is 94.9 Å². The van der Waals surface area contributed by atoms with Gasteiger partial charge in [-0.2, -0.15) is 10.5 Å². The van der Waals surface area contributed by atoms with E-state index in [1.54, 1.807) is 0 Å². The van der Waals surface area contributed by atoms with Crippen LogP contribution in [0.2, 0.25) is 0 Å². The third-order valence-corrected chi connectivity index (χ3v) is 3.55. The minimum atomic E-state index is -2.30. The van der Waals surface area contributed by atoms with Crippen LogP contribution in [-0.4, -0.2) is 14.3 Å². The number of nitrogens with zero attached hydrogens (tertiary/aromatic N) is 2. The van der Waals surface area contributed by atoms with Gasteiger partial charge in [-0.3, -0.25) is 11.5 Å². The molecule has 4 N–H and O–H groups in total. The van der Waals surface area contributed by atoms with E-state index in [9.17, 15) is 0 Å². The number of rotatable bonds is 2. The summed E-state index contributed by atoms with van der Waals surface area (Å²) in [5, 5.41) is 17.0. The van der Waals surface area contributed by atoms with Gasteiger partial charge in [0, 0.05) is 0 Å². The summed E-state index contributed by atoms with van der Waals surface area (Å²) in [5.41, 5.74) is 10.4. The first kappa shape index (κ1) is 13.1. The van der Waals surface area contributed by atoms with E-state index in [1.165, 1.54) is 12.1 Å². The lowest BCUT2D eigenvalue weighted by molar-refractivity contribution is 0.538. The first-order chi connectivity index (χ1) is 5.62. The zero-order chi connectivity index (χ0) is 10.9. The van der Waals surface area contributed by atoms with Crippen LogP contribution in [-0.2, 0) is 0 Å². The second-order valence-electron chi connectivity index (χ2n) is 2.22. The van der Waals surface area contributed by atoms with Gasteiger partial charge in [-0.15, -0.1) is 0 Å². The van der Waals surface area contributed by atoms with E-state index >= 15 is 0 Å². The fraction of sp³-hybridized carbons (Fsp3) is 0.600. The van der Waals surface area contributed by atoms with Gasteiger partial charge < -0.3 is 0 Å². The molecule has 0 aromatic rings. The maximum absolute atomic E-state index is 8.49. The second kappa shape index (κ2) is 3.67. The molecule has 0 saturated heterocycles. The van der Waals surface area contributed by atoms with E-state index < -0.39 is 14.3 Å². The first-order valence-corrected chi connectivity index (χ1v) is 4.29. The minimum Gasteiger partial charge on any atom is -0.298 e. The fourth-order valence-corrected chi connectivity index (χ4v) is 0.921. The summed E-state index contributed by atoms with van der Waals surface area (Å²) < 4.78 is -2.30. The van der Waals surface area contributed by atoms with Crippen molar-refractivity contribution in [1.82, 2.24) is 0 Å². The van der Waals surface area contributed by atoms with Crippen LogP contribution < -0.4 is 11.5 Å². The topological polar surface area (TPSA) is 99.6 Å². The summed E-state index contributed by atoms with van der Waals surface area (Å²) in [6.07, 6.45) is 0. The molecule has 2 atom stereocenters. The van der Waals surface area contributed by atoms with Crippen LogP contribution in [0, 0.1) is 22.7 Å². The van der Waals surface area contributed by atoms with Crippen LogP contribution in [0.1, 0.15) is 0 Å². The van der Waals surface area contributed by atoms with Crippen LogP contribution in [0.25, 0.3) is 0 Å². The van der Waals surface area contributed by atoms with Crippen LogP contribution >= 0.6 is 46.4 Å². The lowest BCUT2D eigenvalue weighted by Gasteiger charge is -2.35. The summed E-state index contributed by atoms with van der Waals surface area (Å²) in [7, 11) is 0. The average Bonchev–Trinajstić information content (AvgIpc) is 2.03. The van der Waals surface area contributed by atoms with Crippen LogP contribution in [0.5, 0.6) is 0 Å². The maximum Gasteiger partial charge on any atom is 0.216 e. The number of hydrogen-bond acceptors (Lipinski definition) is 4. The number of nitriles is 2. The molecule has 4 nitrogen and oxygen atoms in total. The molecular formula is C5H4Cl4N4. The zero-order valence-electron chi connectivity index (χ0n) is 6.06. The Bertz CT molecular complexity index is 256. The Morgan fingerprint density at radius 2 is 1.08 bits per heavy atom. The third-order valence-electron chi connectivity index (χ3n) is 1.24. The van der Waals surface area contributed by atoms with Crippen LogP contribution in [0.15, 0.2) is 0 Å². The van der Waals surface area contributed by atoms with Crippen molar-refractivity contribution in [2.24, 2.45) is 11.5 Å². The maximum atomic E-state index is 8.49. The largest absolute Gasteiger partial charge is 0.298 e. The molecule has 0 fully saturated rings. The standard InChI is InChI=1S/C5H4Cl4N4/c6-3(12,1-10)5(8,9)4(7,13)2-11/h12-13H2.